The largest absolute Gasteiger partial charge is 0.479 e. The van der Waals surface area contributed by atoms with E-state index >= 15 is 0 Å². The SMILES string of the molecule is CC1Oc2ccc(NC(=O)CCCCCCN)cc2NC1=O. The van der Waals surface area contributed by atoms with E-state index < -0.39 is 6.10 Å². The molecule has 0 saturated carbocycles. The van der Waals surface area contributed by atoms with Crippen LogP contribution in [0.5, 0.6) is 5.75 Å². The summed E-state index contributed by atoms with van der Waals surface area (Å²) in [5.41, 5.74) is 6.67. The number of nitrogens with two attached hydrogens (primary N) is 1. The van der Waals surface area contributed by atoms with Crippen LogP contribution in [0.4, 0.5) is 11.4 Å². The lowest BCUT2D eigenvalue weighted by Crippen LogP contribution is -2.34. The third-order valence-corrected chi connectivity index (χ3v) is 3.55. The molecule has 1 aromatic carbocycles. The molecule has 2 amide bonds. The van der Waals surface area contributed by atoms with Crippen molar-refractivity contribution >= 4 is 23.2 Å². The Hall–Kier alpha value is -2.08. The quantitative estimate of drug-likeness (QED) is 0.674. The molecule has 0 aliphatic carbocycles. The Balaban J connectivity index is 1.85. The fourth-order valence-electron chi connectivity index (χ4n) is 2.29. The molecule has 4 N–H and O–H groups in total. The first kappa shape index (κ1) is 16.3. The standard InChI is InChI=1S/C16H23N3O3/c1-11-16(21)19-13-10-12(7-8-14(13)22-11)18-15(20)6-4-2-3-5-9-17/h7-8,10-11H,2-6,9,17H2,1H3,(H,18,20)(H,19,21). The molecule has 1 heterocycles. The van der Waals surface area contributed by atoms with E-state index in [0.717, 1.165) is 25.7 Å². The molecule has 1 aromatic rings. The van der Waals surface area contributed by atoms with Crippen molar-refractivity contribution < 1.29 is 14.3 Å². The summed E-state index contributed by atoms with van der Waals surface area (Å²) in [7, 11) is 0. The van der Waals surface area contributed by atoms with Crippen LogP contribution in [0.2, 0.25) is 0 Å². The van der Waals surface area contributed by atoms with E-state index in [1.165, 1.54) is 0 Å². The molecule has 0 aromatic heterocycles. The first-order valence-corrected chi connectivity index (χ1v) is 7.71. The number of benzene rings is 1. The topological polar surface area (TPSA) is 93.4 Å². The zero-order valence-electron chi connectivity index (χ0n) is 12.9. The van der Waals surface area contributed by atoms with Gasteiger partial charge in [0.15, 0.2) is 6.10 Å². The Morgan fingerprint density at radius 1 is 1.32 bits per heavy atom. The highest BCUT2D eigenvalue weighted by Gasteiger charge is 2.23. The fraction of sp³-hybridized carbons (Fsp3) is 0.500. The molecule has 0 fully saturated rings. The van der Waals surface area contributed by atoms with Crippen LogP contribution < -0.4 is 21.1 Å². The van der Waals surface area contributed by atoms with Crippen molar-refractivity contribution in [3.8, 4) is 5.75 Å². The Kier molecular flexibility index (Phi) is 5.77. The van der Waals surface area contributed by atoms with Gasteiger partial charge in [-0.2, -0.15) is 0 Å². The van der Waals surface area contributed by atoms with Crippen molar-refractivity contribution in [3.05, 3.63) is 18.2 Å². The van der Waals surface area contributed by atoms with Crippen LogP contribution >= 0.6 is 0 Å². The van der Waals surface area contributed by atoms with Crippen LogP contribution in [0.3, 0.4) is 0 Å². The van der Waals surface area contributed by atoms with E-state index in [4.69, 9.17) is 10.5 Å². The number of fused-ring (bicyclic) bond motifs is 1. The predicted octanol–water partition coefficient (Wildman–Crippen LogP) is 2.25. The summed E-state index contributed by atoms with van der Waals surface area (Å²) in [6.07, 6.45) is 3.92. The monoisotopic (exact) mass is 305 g/mol. The van der Waals surface area contributed by atoms with Crippen LogP contribution in [0, 0.1) is 0 Å². The summed E-state index contributed by atoms with van der Waals surface area (Å²) in [6, 6.07) is 5.24. The second kappa shape index (κ2) is 7.79. The number of carbonyl (C=O) groups is 2. The van der Waals surface area contributed by atoms with Crippen molar-refractivity contribution in [2.75, 3.05) is 17.2 Å². The van der Waals surface area contributed by atoms with E-state index in [0.29, 0.717) is 30.1 Å². The third kappa shape index (κ3) is 4.46. The molecule has 1 aliphatic heterocycles. The second-order valence-corrected chi connectivity index (χ2v) is 5.46. The number of unbranched alkanes of at least 4 members (excludes halogenated alkanes) is 3. The summed E-state index contributed by atoms with van der Waals surface area (Å²) >= 11 is 0. The van der Waals surface area contributed by atoms with Crippen molar-refractivity contribution in [1.29, 1.82) is 0 Å². The zero-order chi connectivity index (χ0) is 15.9. The highest BCUT2D eigenvalue weighted by atomic mass is 16.5. The van der Waals surface area contributed by atoms with Gasteiger partial charge in [-0.1, -0.05) is 12.8 Å². The molecular weight excluding hydrogens is 282 g/mol. The number of carbonyl (C=O) groups excluding carboxylic acids is 2. The maximum Gasteiger partial charge on any atom is 0.265 e. The molecule has 6 nitrogen and oxygen atoms in total. The van der Waals surface area contributed by atoms with E-state index in [1.807, 2.05) is 0 Å². The summed E-state index contributed by atoms with van der Waals surface area (Å²) in [4.78, 5) is 23.5. The summed E-state index contributed by atoms with van der Waals surface area (Å²) in [6.45, 7) is 2.40. The van der Waals surface area contributed by atoms with Gasteiger partial charge in [-0.3, -0.25) is 9.59 Å². The normalized spacial score (nSPS) is 16.5. The minimum absolute atomic E-state index is 0.0240. The number of nitrogens with one attached hydrogen (secondary N) is 2. The first-order chi connectivity index (χ1) is 10.6. The van der Waals surface area contributed by atoms with Crippen LogP contribution in [-0.4, -0.2) is 24.5 Å². The summed E-state index contributed by atoms with van der Waals surface area (Å²) < 4.78 is 5.47. The average molecular weight is 305 g/mol. The minimum Gasteiger partial charge on any atom is -0.479 e. The molecule has 6 heteroatoms. The van der Waals surface area contributed by atoms with Gasteiger partial charge in [-0.05, 0) is 44.5 Å². The Morgan fingerprint density at radius 2 is 2.09 bits per heavy atom. The Labute approximate surface area is 130 Å². The number of hydrogen-bond donors (Lipinski definition) is 3. The lowest BCUT2D eigenvalue weighted by molar-refractivity contribution is -0.122. The number of amides is 2. The van der Waals surface area contributed by atoms with Crippen LogP contribution in [-0.2, 0) is 9.59 Å². The first-order valence-electron chi connectivity index (χ1n) is 7.71. The van der Waals surface area contributed by atoms with Crippen LogP contribution in [0.1, 0.15) is 39.0 Å². The molecule has 0 radical (unpaired) electrons. The number of ether oxygens (including phenoxy) is 1. The highest BCUT2D eigenvalue weighted by Crippen LogP contribution is 2.32. The number of rotatable bonds is 7. The lowest BCUT2D eigenvalue weighted by Gasteiger charge is -2.23. The van der Waals surface area contributed by atoms with Gasteiger partial charge < -0.3 is 21.1 Å². The van der Waals surface area contributed by atoms with Gasteiger partial charge in [0.1, 0.15) is 5.75 Å². The molecule has 120 valence electrons. The summed E-state index contributed by atoms with van der Waals surface area (Å²) in [5, 5.41) is 5.60. The van der Waals surface area contributed by atoms with Crippen molar-refractivity contribution in [1.82, 2.24) is 0 Å². The average Bonchev–Trinajstić information content (AvgIpc) is 2.48. The Bertz CT molecular complexity index is 545. The molecule has 2 rings (SSSR count). The van der Waals surface area contributed by atoms with Crippen LogP contribution in [0.25, 0.3) is 0 Å². The molecule has 22 heavy (non-hydrogen) atoms. The molecule has 0 saturated heterocycles. The fourth-order valence-corrected chi connectivity index (χ4v) is 2.29. The van der Waals surface area contributed by atoms with Crippen molar-refractivity contribution in [3.63, 3.8) is 0 Å². The van der Waals surface area contributed by atoms with Crippen molar-refractivity contribution in [2.24, 2.45) is 5.73 Å². The highest BCUT2D eigenvalue weighted by molar-refractivity contribution is 5.99. The second-order valence-electron chi connectivity index (χ2n) is 5.46. The zero-order valence-corrected chi connectivity index (χ0v) is 12.9. The molecule has 0 bridgehead atoms. The molecule has 1 atom stereocenters. The maximum absolute atomic E-state index is 11.9. The molecule has 1 unspecified atom stereocenters. The van der Waals surface area contributed by atoms with E-state index in [2.05, 4.69) is 10.6 Å². The third-order valence-electron chi connectivity index (χ3n) is 3.55. The van der Waals surface area contributed by atoms with E-state index in [-0.39, 0.29) is 11.8 Å². The molecular formula is C16H23N3O3. The smallest absolute Gasteiger partial charge is 0.265 e. The summed E-state index contributed by atoms with van der Waals surface area (Å²) in [5.74, 6) is 0.409. The van der Waals surface area contributed by atoms with Gasteiger partial charge in [0.05, 0.1) is 5.69 Å². The lowest BCUT2D eigenvalue weighted by atomic mass is 10.1. The van der Waals surface area contributed by atoms with Gasteiger partial charge in [0.2, 0.25) is 5.91 Å². The Morgan fingerprint density at radius 3 is 2.86 bits per heavy atom. The number of hydrogen-bond acceptors (Lipinski definition) is 4. The maximum atomic E-state index is 11.9. The van der Waals surface area contributed by atoms with Gasteiger partial charge in [0, 0.05) is 12.1 Å². The van der Waals surface area contributed by atoms with E-state index in [9.17, 15) is 9.59 Å². The molecule has 1 aliphatic rings. The number of anilines is 2. The van der Waals surface area contributed by atoms with E-state index in [1.54, 1.807) is 25.1 Å². The minimum atomic E-state index is -0.499. The van der Waals surface area contributed by atoms with Gasteiger partial charge in [-0.15, -0.1) is 0 Å². The predicted molar refractivity (Wildman–Crippen MR) is 85.9 cm³/mol. The van der Waals surface area contributed by atoms with Crippen LogP contribution in [0.15, 0.2) is 18.2 Å². The molecule has 0 spiro atoms. The van der Waals surface area contributed by atoms with Gasteiger partial charge >= 0.3 is 0 Å². The van der Waals surface area contributed by atoms with Gasteiger partial charge in [-0.25, -0.2) is 0 Å². The van der Waals surface area contributed by atoms with Gasteiger partial charge in [0.25, 0.3) is 5.91 Å². The van der Waals surface area contributed by atoms with Crippen molar-refractivity contribution in [2.45, 2.75) is 45.1 Å².